The van der Waals surface area contributed by atoms with E-state index in [1.807, 2.05) is 0 Å². The van der Waals surface area contributed by atoms with Crippen molar-refractivity contribution < 1.29 is 0 Å². The summed E-state index contributed by atoms with van der Waals surface area (Å²) in [5.41, 5.74) is 5.86. The molecule has 76 valence electrons. The fraction of sp³-hybridized carbons (Fsp3) is 0.909. The minimum atomic E-state index is 0.397. The van der Waals surface area contributed by atoms with Crippen molar-refractivity contribution in [3.05, 3.63) is 0 Å². The fourth-order valence-corrected chi connectivity index (χ4v) is 1.83. The van der Waals surface area contributed by atoms with E-state index in [2.05, 4.69) is 25.8 Å². The van der Waals surface area contributed by atoms with Gasteiger partial charge in [-0.3, -0.25) is 4.99 Å². The number of hydrogen-bond donors (Lipinski definition) is 1. The van der Waals surface area contributed by atoms with Crippen LogP contribution >= 0.6 is 0 Å². The monoisotopic (exact) mass is 182 g/mol. The third-order valence-electron chi connectivity index (χ3n) is 2.97. The minimum Gasteiger partial charge on any atom is -0.387 e. The maximum absolute atomic E-state index is 5.86. The average molecular weight is 182 g/mol. The molecule has 1 aliphatic carbocycles. The molecule has 0 radical (unpaired) electrons. The SMILES string of the molecule is CC(C)C(N)=NC1CCCCC1C. The van der Waals surface area contributed by atoms with Crippen molar-refractivity contribution in [3.8, 4) is 0 Å². The first-order valence-corrected chi connectivity index (χ1v) is 5.44. The zero-order valence-electron chi connectivity index (χ0n) is 9.09. The third kappa shape index (κ3) is 3.02. The van der Waals surface area contributed by atoms with Crippen LogP contribution in [0.15, 0.2) is 4.99 Å². The molecule has 0 spiro atoms. The van der Waals surface area contributed by atoms with Crippen LogP contribution in [-0.2, 0) is 0 Å². The molecule has 0 bridgehead atoms. The molecule has 1 rings (SSSR count). The summed E-state index contributed by atoms with van der Waals surface area (Å²) in [4.78, 5) is 4.61. The van der Waals surface area contributed by atoms with E-state index in [9.17, 15) is 0 Å². The first-order valence-electron chi connectivity index (χ1n) is 5.44. The van der Waals surface area contributed by atoms with E-state index in [1.54, 1.807) is 0 Å². The van der Waals surface area contributed by atoms with Gasteiger partial charge >= 0.3 is 0 Å². The standard InChI is InChI=1S/C11H22N2/c1-8(2)11(12)13-10-7-5-4-6-9(10)3/h8-10H,4-7H2,1-3H3,(H2,12,13). The molecule has 2 nitrogen and oxygen atoms in total. The lowest BCUT2D eigenvalue weighted by molar-refractivity contribution is 0.332. The maximum Gasteiger partial charge on any atom is 0.0966 e. The van der Waals surface area contributed by atoms with Gasteiger partial charge in [0, 0.05) is 5.92 Å². The smallest absolute Gasteiger partial charge is 0.0966 e. The van der Waals surface area contributed by atoms with Gasteiger partial charge in [0.15, 0.2) is 0 Å². The summed E-state index contributed by atoms with van der Waals surface area (Å²) < 4.78 is 0. The maximum atomic E-state index is 5.86. The molecule has 1 fully saturated rings. The van der Waals surface area contributed by atoms with Crippen molar-refractivity contribution in [1.29, 1.82) is 0 Å². The van der Waals surface area contributed by atoms with Gasteiger partial charge in [0.25, 0.3) is 0 Å². The zero-order valence-corrected chi connectivity index (χ0v) is 9.09. The van der Waals surface area contributed by atoms with Crippen LogP contribution in [0.4, 0.5) is 0 Å². The number of hydrogen-bond acceptors (Lipinski definition) is 1. The Morgan fingerprint density at radius 2 is 1.92 bits per heavy atom. The van der Waals surface area contributed by atoms with Gasteiger partial charge in [0.05, 0.1) is 11.9 Å². The highest BCUT2D eigenvalue weighted by molar-refractivity contribution is 5.82. The number of amidine groups is 1. The highest BCUT2D eigenvalue weighted by atomic mass is 14.9. The first-order chi connectivity index (χ1) is 6.11. The topological polar surface area (TPSA) is 38.4 Å². The van der Waals surface area contributed by atoms with Gasteiger partial charge < -0.3 is 5.73 Å². The van der Waals surface area contributed by atoms with Crippen molar-refractivity contribution >= 4 is 5.84 Å². The van der Waals surface area contributed by atoms with Crippen LogP contribution in [-0.4, -0.2) is 11.9 Å². The van der Waals surface area contributed by atoms with E-state index in [0.717, 1.165) is 11.8 Å². The molecule has 0 aliphatic heterocycles. The molecule has 0 aromatic carbocycles. The quantitative estimate of drug-likeness (QED) is 0.517. The highest BCUT2D eigenvalue weighted by Crippen LogP contribution is 2.26. The third-order valence-corrected chi connectivity index (χ3v) is 2.97. The lowest BCUT2D eigenvalue weighted by Crippen LogP contribution is -2.27. The van der Waals surface area contributed by atoms with Crippen LogP contribution in [0.25, 0.3) is 0 Å². The summed E-state index contributed by atoms with van der Waals surface area (Å²) >= 11 is 0. The van der Waals surface area contributed by atoms with E-state index in [1.165, 1.54) is 25.7 Å². The lowest BCUT2D eigenvalue weighted by atomic mass is 9.86. The average Bonchev–Trinajstić information content (AvgIpc) is 2.08. The van der Waals surface area contributed by atoms with Gasteiger partial charge in [-0.15, -0.1) is 0 Å². The molecule has 1 aliphatic rings. The molecule has 0 amide bonds. The van der Waals surface area contributed by atoms with Gasteiger partial charge in [0.2, 0.25) is 0 Å². The van der Waals surface area contributed by atoms with Gasteiger partial charge in [-0.1, -0.05) is 33.6 Å². The van der Waals surface area contributed by atoms with Crippen LogP contribution in [0.5, 0.6) is 0 Å². The minimum absolute atomic E-state index is 0.397. The predicted molar refractivity (Wildman–Crippen MR) is 57.9 cm³/mol. The normalized spacial score (nSPS) is 30.9. The van der Waals surface area contributed by atoms with E-state index < -0.39 is 0 Å². The Hall–Kier alpha value is -0.530. The van der Waals surface area contributed by atoms with Gasteiger partial charge in [-0.05, 0) is 18.8 Å². The van der Waals surface area contributed by atoms with Crippen molar-refractivity contribution in [2.45, 2.75) is 52.5 Å². The van der Waals surface area contributed by atoms with Crippen molar-refractivity contribution in [2.24, 2.45) is 22.6 Å². The Bertz CT molecular complexity index is 185. The predicted octanol–water partition coefficient (Wildman–Crippen LogP) is 2.58. The van der Waals surface area contributed by atoms with Crippen LogP contribution < -0.4 is 5.73 Å². The summed E-state index contributed by atoms with van der Waals surface area (Å²) in [5.74, 6) is 1.96. The second-order valence-electron chi connectivity index (χ2n) is 4.54. The van der Waals surface area contributed by atoms with E-state index in [0.29, 0.717) is 12.0 Å². The van der Waals surface area contributed by atoms with Crippen LogP contribution in [0, 0.1) is 11.8 Å². The zero-order chi connectivity index (χ0) is 9.84. The Morgan fingerprint density at radius 1 is 1.31 bits per heavy atom. The molecule has 0 heterocycles. The highest BCUT2D eigenvalue weighted by Gasteiger charge is 2.20. The Morgan fingerprint density at radius 3 is 2.46 bits per heavy atom. The summed E-state index contributed by atoms with van der Waals surface area (Å²) in [6.45, 7) is 6.50. The number of aliphatic imine (C=N–C) groups is 1. The Kier molecular flexibility index (Phi) is 3.76. The molecule has 1 saturated carbocycles. The molecule has 0 aromatic heterocycles. The second-order valence-corrected chi connectivity index (χ2v) is 4.54. The van der Waals surface area contributed by atoms with Crippen molar-refractivity contribution in [1.82, 2.24) is 0 Å². The van der Waals surface area contributed by atoms with Crippen molar-refractivity contribution in [3.63, 3.8) is 0 Å². The lowest BCUT2D eigenvalue weighted by Gasteiger charge is -2.26. The molecule has 2 unspecified atom stereocenters. The van der Waals surface area contributed by atoms with E-state index in [4.69, 9.17) is 5.73 Å². The number of rotatable bonds is 2. The fourth-order valence-electron chi connectivity index (χ4n) is 1.83. The number of nitrogens with zero attached hydrogens (tertiary/aromatic N) is 1. The molecule has 0 saturated heterocycles. The molecule has 13 heavy (non-hydrogen) atoms. The van der Waals surface area contributed by atoms with E-state index in [-0.39, 0.29) is 0 Å². The van der Waals surface area contributed by atoms with Crippen LogP contribution in [0.2, 0.25) is 0 Å². The molecule has 2 heteroatoms. The summed E-state index contributed by atoms with van der Waals surface area (Å²) in [5, 5.41) is 0. The van der Waals surface area contributed by atoms with Crippen LogP contribution in [0.3, 0.4) is 0 Å². The van der Waals surface area contributed by atoms with Crippen molar-refractivity contribution in [2.75, 3.05) is 0 Å². The molecular formula is C11H22N2. The summed E-state index contributed by atoms with van der Waals surface area (Å²) in [7, 11) is 0. The summed E-state index contributed by atoms with van der Waals surface area (Å²) in [6.07, 6.45) is 5.24. The van der Waals surface area contributed by atoms with Gasteiger partial charge in [-0.25, -0.2) is 0 Å². The van der Waals surface area contributed by atoms with Crippen LogP contribution in [0.1, 0.15) is 46.5 Å². The molecule has 0 aromatic rings. The van der Waals surface area contributed by atoms with E-state index >= 15 is 0 Å². The Labute approximate surface area is 81.6 Å². The van der Waals surface area contributed by atoms with Gasteiger partial charge in [-0.2, -0.15) is 0 Å². The summed E-state index contributed by atoms with van der Waals surface area (Å²) in [6, 6.07) is 0.496. The first kappa shape index (κ1) is 10.6. The van der Waals surface area contributed by atoms with Gasteiger partial charge in [0.1, 0.15) is 0 Å². The number of nitrogens with two attached hydrogens (primary N) is 1. The Balaban J connectivity index is 2.55. The molecule has 2 atom stereocenters. The molecule has 2 N–H and O–H groups in total. The molecular weight excluding hydrogens is 160 g/mol. The second kappa shape index (κ2) is 4.64. The largest absolute Gasteiger partial charge is 0.387 e.